The van der Waals surface area contributed by atoms with E-state index in [4.69, 9.17) is 0 Å². The van der Waals surface area contributed by atoms with Crippen molar-refractivity contribution in [3.8, 4) is 0 Å². The van der Waals surface area contributed by atoms with Crippen molar-refractivity contribution in [2.45, 2.75) is 25.9 Å². The van der Waals surface area contributed by atoms with E-state index in [-0.39, 0.29) is 18.1 Å². The summed E-state index contributed by atoms with van der Waals surface area (Å²) in [4.78, 5) is 18.3. The van der Waals surface area contributed by atoms with E-state index in [1.165, 1.54) is 0 Å². The van der Waals surface area contributed by atoms with Gasteiger partial charge in [-0.15, -0.1) is 0 Å². The Morgan fingerprint density at radius 1 is 1.58 bits per heavy atom. The standard InChI is InChI=1S/C11H17N5O3/c1-2-12-11-14-5-8(16(18)19)10(15-11)13-6-9(17)7-3-4-7/h5,7,9,17H,2-4,6H2,1H3,(H2,12,13,14,15). The van der Waals surface area contributed by atoms with Gasteiger partial charge in [-0.2, -0.15) is 4.98 Å². The van der Waals surface area contributed by atoms with Crippen LogP contribution in [0.3, 0.4) is 0 Å². The normalized spacial score (nSPS) is 15.9. The summed E-state index contributed by atoms with van der Waals surface area (Å²) in [5.74, 6) is 0.772. The number of aromatic nitrogens is 2. The molecule has 2 rings (SSSR count). The van der Waals surface area contributed by atoms with E-state index >= 15 is 0 Å². The molecular weight excluding hydrogens is 250 g/mol. The fraction of sp³-hybridized carbons (Fsp3) is 0.636. The predicted molar refractivity (Wildman–Crippen MR) is 70.1 cm³/mol. The SMILES string of the molecule is CCNc1ncc([N+](=O)[O-])c(NCC(O)C2CC2)n1. The van der Waals surface area contributed by atoms with E-state index in [0.717, 1.165) is 19.0 Å². The van der Waals surface area contributed by atoms with Crippen molar-refractivity contribution in [2.24, 2.45) is 5.92 Å². The molecular formula is C11H17N5O3. The Labute approximate surface area is 110 Å². The summed E-state index contributed by atoms with van der Waals surface area (Å²) < 4.78 is 0. The molecule has 0 radical (unpaired) electrons. The topological polar surface area (TPSA) is 113 Å². The highest BCUT2D eigenvalue weighted by Crippen LogP contribution is 2.33. The molecule has 8 heteroatoms. The van der Waals surface area contributed by atoms with Crippen molar-refractivity contribution in [1.82, 2.24) is 9.97 Å². The Morgan fingerprint density at radius 2 is 2.32 bits per heavy atom. The monoisotopic (exact) mass is 267 g/mol. The van der Waals surface area contributed by atoms with Crippen LogP contribution in [0.25, 0.3) is 0 Å². The van der Waals surface area contributed by atoms with E-state index in [1.54, 1.807) is 0 Å². The maximum Gasteiger partial charge on any atom is 0.329 e. The lowest BCUT2D eigenvalue weighted by Crippen LogP contribution is -2.22. The molecule has 104 valence electrons. The lowest BCUT2D eigenvalue weighted by atomic mass is 10.2. The van der Waals surface area contributed by atoms with Crippen LogP contribution in [0.1, 0.15) is 19.8 Å². The molecule has 1 saturated carbocycles. The molecule has 3 N–H and O–H groups in total. The minimum atomic E-state index is -0.540. The first-order valence-electron chi connectivity index (χ1n) is 6.29. The van der Waals surface area contributed by atoms with Crippen LogP contribution in [-0.2, 0) is 0 Å². The largest absolute Gasteiger partial charge is 0.391 e. The number of nitrogens with zero attached hydrogens (tertiary/aromatic N) is 3. The molecule has 0 amide bonds. The quantitative estimate of drug-likeness (QED) is 0.499. The number of anilines is 2. The van der Waals surface area contributed by atoms with Crippen molar-refractivity contribution in [3.05, 3.63) is 16.3 Å². The van der Waals surface area contributed by atoms with Gasteiger partial charge >= 0.3 is 5.69 Å². The molecule has 19 heavy (non-hydrogen) atoms. The number of rotatable bonds is 7. The second-order valence-electron chi connectivity index (χ2n) is 4.50. The minimum absolute atomic E-state index is 0.135. The van der Waals surface area contributed by atoms with E-state index in [9.17, 15) is 15.2 Å². The van der Waals surface area contributed by atoms with Gasteiger partial charge in [0.2, 0.25) is 11.8 Å². The van der Waals surface area contributed by atoms with Crippen LogP contribution in [0.5, 0.6) is 0 Å². The molecule has 0 aliphatic heterocycles. The fourth-order valence-electron chi connectivity index (χ4n) is 1.73. The summed E-state index contributed by atoms with van der Waals surface area (Å²) in [7, 11) is 0. The third-order valence-electron chi connectivity index (χ3n) is 2.95. The van der Waals surface area contributed by atoms with Gasteiger partial charge in [0, 0.05) is 13.1 Å². The average molecular weight is 267 g/mol. The Balaban J connectivity index is 2.09. The fourth-order valence-corrected chi connectivity index (χ4v) is 1.73. The number of nitrogens with one attached hydrogen (secondary N) is 2. The van der Waals surface area contributed by atoms with E-state index in [0.29, 0.717) is 18.4 Å². The van der Waals surface area contributed by atoms with E-state index in [1.807, 2.05) is 6.92 Å². The van der Waals surface area contributed by atoms with Crippen LogP contribution in [0.2, 0.25) is 0 Å². The molecule has 8 nitrogen and oxygen atoms in total. The number of hydrogen-bond acceptors (Lipinski definition) is 7. The van der Waals surface area contributed by atoms with Gasteiger partial charge in [0.05, 0.1) is 11.0 Å². The van der Waals surface area contributed by atoms with Crippen molar-refractivity contribution in [1.29, 1.82) is 0 Å². The Hall–Kier alpha value is -1.96. The van der Waals surface area contributed by atoms with Gasteiger partial charge in [0.1, 0.15) is 6.20 Å². The van der Waals surface area contributed by atoms with Gasteiger partial charge in [0.15, 0.2) is 0 Å². The molecule has 1 unspecified atom stereocenters. The van der Waals surface area contributed by atoms with Crippen LogP contribution in [-0.4, -0.2) is 39.2 Å². The molecule has 0 bridgehead atoms. The first-order valence-corrected chi connectivity index (χ1v) is 6.29. The van der Waals surface area contributed by atoms with Crippen molar-refractivity contribution in [2.75, 3.05) is 23.7 Å². The minimum Gasteiger partial charge on any atom is -0.391 e. The zero-order chi connectivity index (χ0) is 13.8. The lowest BCUT2D eigenvalue weighted by Gasteiger charge is -2.11. The van der Waals surface area contributed by atoms with Crippen LogP contribution < -0.4 is 10.6 Å². The summed E-state index contributed by atoms with van der Waals surface area (Å²) in [6.45, 7) is 2.77. The predicted octanol–water partition coefficient (Wildman–Crippen LogP) is 0.999. The number of aliphatic hydroxyl groups is 1. The van der Waals surface area contributed by atoms with Crippen molar-refractivity contribution >= 4 is 17.5 Å². The maximum absolute atomic E-state index is 10.9. The summed E-state index contributed by atoms with van der Waals surface area (Å²) in [5.41, 5.74) is -0.190. The molecule has 1 aliphatic carbocycles. The molecule has 1 aromatic heterocycles. The third kappa shape index (κ3) is 3.50. The second-order valence-corrected chi connectivity index (χ2v) is 4.50. The number of nitro groups is 1. The highest BCUT2D eigenvalue weighted by Gasteiger charge is 2.30. The smallest absolute Gasteiger partial charge is 0.329 e. The highest BCUT2D eigenvalue weighted by atomic mass is 16.6. The van der Waals surface area contributed by atoms with Gasteiger partial charge in [-0.25, -0.2) is 4.98 Å². The lowest BCUT2D eigenvalue weighted by molar-refractivity contribution is -0.384. The van der Waals surface area contributed by atoms with E-state index < -0.39 is 11.0 Å². The summed E-state index contributed by atoms with van der Waals surface area (Å²) in [6.07, 6.45) is 2.70. The van der Waals surface area contributed by atoms with Gasteiger partial charge in [-0.1, -0.05) is 0 Å². The molecule has 1 fully saturated rings. The molecule has 1 aliphatic rings. The van der Waals surface area contributed by atoms with Crippen molar-refractivity contribution < 1.29 is 10.0 Å². The van der Waals surface area contributed by atoms with E-state index in [2.05, 4.69) is 20.6 Å². The van der Waals surface area contributed by atoms with Gasteiger partial charge in [-0.3, -0.25) is 10.1 Å². The first-order chi connectivity index (χ1) is 9.11. The highest BCUT2D eigenvalue weighted by molar-refractivity contribution is 5.57. The maximum atomic E-state index is 10.9. The Morgan fingerprint density at radius 3 is 2.89 bits per heavy atom. The zero-order valence-corrected chi connectivity index (χ0v) is 10.7. The second kappa shape index (κ2) is 5.79. The third-order valence-corrected chi connectivity index (χ3v) is 2.95. The van der Waals surface area contributed by atoms with Gasteiger partial charge in [-0.05, 0) is 25.7 Å². The number of aliphatic hydroxyl groups excluding tert-OH is 1. The molecule has 0 spiro atoms. The van der Waals surface area contributed by atoms with Crippen LogP contribution in [0, 0.1) is 16.0 Å². The molecule has 1 heterocycles. The summed E-state index contributed by atoms with van der Waals surface area (Å²) in [6, 6.07) is 0. The first kappa shape index (κ1) is 13.5. The Bertz CT molecular complexity index is 464. The molecule has 0 saturated heterocycles. The van der Waals surface area contributed by atoms with Gasteiger partial charge in [0.25, 0.3) is 0 Å². The van der Waals surface area contributed by atoms with Crippen LogP contribution in [0.4, 0.5) is 17.5 Å². The Kier molecular flexibility index (Phi) is 4.10. The molecule has 1 aromatic rings. The number of hydrogen-bond donors (Lipinski definition) is 3. The summed E-state index contributed by atoms with van der Waals surface area (Å²) >= 11 is 0. The zero-order valence-electron chi connectivity index (χ0n) is 10.7. The van der Waals surface area contributed by atoms with Crippen LogP contribution in [0.15, 0.2) is 6.20 Å². The average Bonchev–Trinajstić information content (AvgIpc) is 3.20. The van der Waals surface area contributed by atoms with Crippen LogP contribution >= 0.6 is 0 Å². The van der Waals surface area contributed by atoms with Crippen molar-refractivity contribution in [3.63, 3.8) is 0 Å². The van der Waals surface area contributed by atoms with Gasteiger partial charge < -0.3 is 15.7 Å². The molecule has 1 atom stereocenters. The summed E-state index contributed by atoms with van der Waals surface area (Å²) in [5, 5.41) is 26.4. The molecule has 0 aromatic carbocycles.